The summed E-state index contributed by atoms with van der Waals surface area (Å²) in [6.07, 6.45) is 0. The van der Waals surface area contributed by atoms with E-state index in [2.05, 4.69) is 41.5 Å². The van der Waals surface area contributed by atoms with Crippen LogP contribution in [0.15, 0.2) is 0 Å². The molecule has 0 fully saturated rings. The van der Waals surface area contributed by atoms with Crippen molar-refractivity contribution in [3.05, 3.63) is 0 Å². The van der Waals surface area contributed by atoms with Crippen LogP contribution in [0.2, 0.25) is 13.1 Å². The summed E-state index contributed by atoms with van der Waals surface area (Å²) in [5, 5.41) is 0. The van der Waals surface area contributed by atoms with Crippen molar-refractivity contribution >= 4 is 30.2 Å². The third kappa shape index (κ3) is 7.04. The summed E-state index contributed by atoms with van der Waals surface area (Å²) in [4.78, 5) is 23.7. The molecule has 0 aliphatic carbocycles. The van der Waals surface area contributed by atoms with E-state index < -0.39 is 18.2 Å². The van der Waals surface area contributed by atoms with Crippen LogP contribution in [0.4, 0.5) is 0 Å². The molecule has 126 valence electrons. The van der Waals surface area contributed by atoms with Crippen LogP contribution >= 0.6 is 0 Å². The summed E-state index contributed by atoms with van der Waals surface area (Å²) in [7, 11) is 0. The molecule has 0 atom stereocenters. The molecule has 0 unspecified atom stereocenters. The van der Waals surface area contributed by atoms with E-state index >= 15 is 0 Å². The van der Waals surface area contributed by atoms with E-state index in [0.717, 1.165) is 0 Å². The average molecular weight is 411 g/mol. The second kappa shape index (κ2) is 7.85. The summed E-state index contributed by atoms with van der Waals surface area (Å²) < 4.78 is 14.1. The van der Waals surface area contributed by atoms with Gasteiger partial charge >= 0.3 is 132 Å². The number of rotatable bonds is 8. The van der Waals surface area contributed by atoms with Gasteiger partial charge in [0, 0.05) is 0 Å². The van der Waals surface area contributed by atoms with Gasteiger partial charge in [0.25, 0.3) is 0 Å². The van der Waals surface area contributed by atoms with Gasteiger partial charge in [-0.15, -0.1) is 0 Å². The molecule has 0 aliphatic heterocycles. The predicted octanol–water partition coefficient (Wildman–Crippen LogP) is 4.48. The molecule has 0 aliphatic rings. The Hall–Kier alpha value is -0.242. The van der Waals surface area contributed by atoms with Crippen molar-refractivity contribution < 1.29 is 15.6 Å². The Morgan fingerprint density at radius 3 is 1.10 bits per heavy atom. The molecule has 0 aromatic rings. The number of carbonyl (C=O) groups is 2. The van der Waals surface area contributed by atoms with E-state index in [0.29, 0.717) is 30.9 Å². The Morgan fingerprint density at radius 2 is 0.952 bits per heavy atom. The van der Waals surface area contributed by atoms with Gasteiger partial charge in [0.15, 0.2) is 0 Å². The van der Waals surface area contributed by atoms with Gasteiger partial charge in [-0.25, -0.2) is 0 Å². The zero-order valence-corrected chi connectivity index (χ0v) is 17.5. The van der Waals surface area contributed by atoms with E-state index in [4.69, 9.17) is 6.03 Å². The van der Waals surface area contributed by atoms with Crippen LogP contribution in [-0.2, 0) is 15.6 Å². The second-order valence-corrected chi connectivity index (χ2v) is 20.3. The SMILES string of the molecule is CC(=O)[O][Sb]([CH2]C(C)C)([CH2]C(C)C)([CH2]C(C)C)[O]C(C)=O. The molecular formula is C16H33O4Sb. The van der Waals surface area contributed by atoms with Crippen molar-refractivity contribution in [1.29, 1.82) is 0 Å². The van der Waals surface area contributed by atoms with Crippen molar-refractivity contribution in [2.75, 3.05) is 0 Å². The minimum atomic E-state index is -4.33. The van der Waals surface area contributed by atoms with Crippen molar-refractivity contribution in [3.8, 4) is 0 Å². The molecule has 0 amide bonds. The number of hydrogen-bond donors (Lipinski definition) is 0. The van der Waals surface area contributed by atoms with E-state index in [1.165, 1.54) is 13.8 Å². The molecule has 0 bridgehead atoms. The van der Waals surface area contributed by atoms with Crippen molar-refractivity contribution in [1.82, 2.24) is 0 Å². The minimum absolute atomic E-state index is 0.319. The maximum atomic E-state index is 11.8. The van der Waals surface area contributed by atoms with Crippen LogP contribution in [0.5, 0.6) is 0 Å². The fraction of sp³-hybridized carbons (Fsp3) is 0.875. The molecule has 0 N–H and O–H groups in total. The molecule has 0 saturated heterocycles. The quantitative estimate of drug-likeness (QED) is 0.553. The summed E-state index contributed by atoms with van der Waals surface area (Å²) in [5.74, 6) is 0.328. The Balaban J connectivity index is 6.06. The Kier molecular flexibility index (Phi) is 7.76. The monoisotopic (exact) mass is 410 g/mol. The molecule has 0 aromatic heterocycles. The molecule has 21 heavy (non-hydrogen) atoms. The second-order valence-electron chi connectivity index (χ2n) is 7.41. The number of carbonyl (C=O) groups excluding carboxylic acids is 2. The Labute approximate surface area is 132 Å². The first-order chi connectivity index (χ1) is 9.40. The van der Waals surface area contributed by atoms with E-state index in [1.807, 2.05) is 0 Å². The first-order valence-corrected chi connectivity index (χ1v) is 15.3. The van der Waals surface area contributed by atoms with Crippen molar-refractivity contribution in [2.24, 2.45) is 17.8 Å². The van der Waals surface area contributed by atoms with Crippen LogP contribution in [0.3, 0.4) is 0 Å². The van der Waals surface area contributed by atoms with Gasteiger partial charge in [-0.2, -0.15) is 0 Å². The molecule has 0 radical (unpaired) electrons. The van der Waals surface area contributed by atoms with E-state index in [1.54, 1.807) is 0 Å². The van der Waals surface area contributed by atoms with Gasteiger partial charge in [-0.3, -0.25) is 0 Å². The zero-order chi connectivity index (χ0) is 16.9. The first-order valence-electron chi connectivity index (χ1n) is 7.82. The van der Waals surface area contributed by atoms with Crippen LogP contribution in [0.1, 0.15) is 55.4 Å². The fourth-order valence-electron chi connectivity index (χ4n) is 3.56. The third-order valence-electron chi connectivity index (χ3n) is 3.04. The maximum absolute atomic E-state index is 11.8. The predicted molar refractivity (Wildman–Crippen MR) is 88.2 cm³/mol. The van der Waals surface area contributed by atoms with E-state index in [-0.39, 0.29) is 11.9 Å². The fourth-order valence-corrected chi connectivity index (χ4v) is 23.9. The van der Waals surface area contributed by atoms with Crippen LogP contribution in [0, 0.1) is 17.8 Å². The van der Waals surface area contributed by atoms with Crippen LogP contribution < -0.4 is 0 Å². The van der Waals surface area contributed by atoms with Gasteiger partial charge in [0.2, 0.25) is 0 Å². The number of hydrogen-bond acceptors (Lipinski definition) is 4. The van der Waals surface area contributed by atoms with Gasteiger partial charge < -0.3 is 0 Å². The van der Waals surface area contributed by atoms with Gasteiger partial charge in [-0.05, 0) is 0 Å². The summed E-state index contributed by atoms with van der Waals surface area (Å²) in [5.41, 5.74) is 0. The third-order valence-corrected chi connectivity index (χ3v) is 20.4. The Morgan fingerprint density at radius 1 is 0.714 bits per heavy atom. The van der Waals surface area contributed by atoms with Crippen LogP contribution in [0.25, 0.3) is 0 Å². The topological polar surface area (TPSA) is 52.6 Å². The molecule has 0 heterocycles. The van der Waals surface area contributed by atoms with E-state index in [9.17, 15) is 9.59 Å². The van der Waals surface area contributed by atoms with Crippen LogP contribution in [-0.4, -0.2) is 30.2 Å². The normalized spacial score (nSPS) is 14.1. The summed E-state index contributed by atoms with van der Waals surface area (Å²) >= 11 is -4.33. The molecule has 0 saturated carbocycles. The van der Waals surface area contributed by atoms with Gasteiger partial charge in [-0.1, -0.05) is 0 Å². The summed E-state index contributed by atoms with van der Waals surface area (Å²) in [6, 6.07) is 0. The first kappa shape index (κ1) is 20.8. The molecule has 0 spiro atoms. The molecule has 5 heteroatoms. The zero-order valence-electron chi connectivity index (χ0n) is 14.9. The Bertz CT molecular complexity index is 325. The summed E-state index contributed by atoms with van der Waals surface area (Å²) in [6.45, 7) is 15.4. The molecule has 0 rings (SSSR count). The average Bonchev–Trinajstić information content (AvgIpc) is 2.07. The van der Waals surface area contributed by atoms with Gasteiger partial charge in [0.1, 0.15) is 0 Å². The molecule has 0 aromatic carbocycles. The van der Waals surface area contributed by atoms with Crippen molar-refractivity contribution in [3.63, 3.8) is 0 Å². The molecule has 4 nitrogen and oxygen atoms in total. The van der Waals surface area contributed by atoms with Gasteiger partial charge in [0.05, 0.1) is 0 Å². The standard InChI is InChI=1S/3C4H9.2C2H4O2.Sb/c3*1-4(2)3;2*1-2(3)4;/h3*4H,1H2,2-3H3;2*1H3,(H,3,4);/q;;;;;+2/p-2. The van der Waals surface area contributed by atoms with Crippen molar-refractivity contribution in [2.45, 2.75) is 68.5 Å². The molecular weight excluding hydrogens is 378 g/mol.